The summed E-state index contributed by atoms with van der Waals surface area (Å²) in [6.45, 7) is 0.0674. The van der Waals surface area contributed by atoms with Crippen LogP contribution in [0.2, 0.25) is 0 Å². The maximum Gasteiger partial charge on any atom is 0.397 e. The van der Waals surface area contributed by atoms with Gasteiger partial charge in [-0.15, -0.1) is 0 Å². The van der Waals surface area contributed by atoms with Crippen LogP contribution in [-0.4, -0.2) is 34.5 Å². The van der Waals surface area contributed by atoms with Crippen LogP contribution in [0.5, 0.6) is 0 Å². The number of aliphatic hydroxyl groups is 1. The van der Waals surface area contributed by atoms with E-state index in [0.717, 1.165) is 0 Å². The Morgan fingerprint density at radius 3 is 2.52 bits per heavy atom. The van der Waals surface area contributed by atoms with Crippen LogP contribution < -0.4 is 5.32 Å². The molecule has 0 radical (unpaired) electrons. The summed E-state index contributed by atoms with van der Waals surface area (Å²) in [7, 11) is 0.842. The van der Waals surface area contributed by atoms with Crippen LogP contribution in [0.3, 0.4) is 0 Å². The zero-order chi connectivity index (χ0) is 17.8. The molecule has 0 heterocycles. The minimum Gasteiger partial charge on any atom is -0.358 e. The molecule has 23 heavy (non-hydrogen) atoms. The lowest BCUT2D eigenvalue weighted by Gasteiger charge is -2.23. The minimum absolute atomic E-state index is 0.0146. The van der Waals surface area contributed by atoms with Gasteiger partial charge in [-0.2, -0.15) is 27.4 Å². The molecule has 0 aromatic heterocycles. The van der Waals surface area contributed by atoms with E-state index >= 15 is 0 Å². The van der Waals surface area contributed by atoms with Crippen molar-refractivity contribution >= 4 is 24.2 Å². The Bertz CT molecular complexity index is 328. The molecule has 0 aromatic rings. The van der Waals surface area contributed by atoms with Crippen LogP contribution in [0, 0.1) is 0 Å². The summed E-state index contributed by atoms with van der Waals surface area (Å²) in [5.74, 6) is -1.10. The van der Waals surface area contributed by atoms with E-state index in [0.29, 0.717) is 19.3 Å². The second-order valence-corrected chi connectivity index (χ2v) is 5.59. The Morgan fingerprint density at radius 1 is 1.26 bits per heavy atom. The summed E-state index contributed by atoms with van der Waals surface area (Å²) >= 11 is 0. The summed E-state index contributed by atoms with van der Waals surface area (Å²) in [5.41, 5.74) is -1.95. The maximum absolute atomic E-state index is 11.9. The lowest BCUT2D eigenvalue weighted by molar-refractivity contribution is -0.517. The minimum atomic E-state index is -4.53. The Labute approximate surface area is 133 Å². The fourth-order valence-electron chi connectivity index (χ4n) is 1.41. The van der Waals surface area contributed by atoms with Crippen molar-refractivity contribution in [3.63, 3.8) is 0 Å². The molecular formula is C9H18F3NO8P2. The van der Waals surface area contributed by atoms with Gasteiger partial charge in [0.1, 0.15) is 15.2 Å². The lowest BCUT2D eigenvalue weighted by Crippen LogP contribution is -2.29. The number of halogens is 3. The second-order valence-electron chi connectivity index (χ2n) is 4.24. The van der Waals surface area contributed by atoms with Crippen LogP contribution in [0.1, 0.15) is 32.1 Å². The number of unbranched alkanes of at least 4 members (excludes halogenated alkanes) is 2. The van der Waals surface area contributed by atoms with E-state index in [1.54, 1.807) is 9.47 Å². The first-order valence-electron chi connectivity index (χ1n) is 6.24. The standard InChI is InChI=1S/C9H18F3NO8P2/c10-8(11,12)6-7(14)13-5-3-1-2-4-9(15,17-19-20-22)23-21-18-16/h15-16,23H,1-6,22H2,(H,13,14). The average molecular weight is 387 g/mol. The maximum atomic E-state index is 11.9. The Kier molecular flexibility index (Phi) is 12.2. The molecule has 138 valence electrons. The van der Waals surface area contributed by atoms with E-state index < -0.39 is 32.8 Å². The van der Waals surface area contributed by atoms with E-state index in [9.17, 15) is 23.1 Å². The number of amides is 1. The van der Waals surface area contributed by atoms with Crippen LogP contribution >= 0.6 is 18.3 Å². The van der Waals surface area contributed by atoms with Crippen molar-refractivity contribution in [3.05, 3.63) is 0 Å². The van der Waals surface area contributed by atoms with Crippen LogP contribution in [0.4, 0.5) is 13.2 Å². The highest BCUT2D eigenvalue weighted by atomic mass is 31.1. The van der Waals surface area contributed by atoms with Crippen molar-refractivity contribution in [3.8, 4) is 0 Å². The first-order valence-corrected chi connectivity index (χ1v) is 7.62. The van der Waals surface area contributed by atoms with Gasteiger partial charge in [0.2, 0.25) is 11.4 Å². The van der Waals surface area contributed by atoms with Gasteiger partial charge in [0.15, 0.2) is 0 Å². The van der Waals surface area contributed by atoms with E-state index in [-0.39, 0.29) is 13.0 Å². The normalized spacial score (nSPS) is 15.0. The molecule has 0 bridgehead atoms. The van der Waals surface area contributed by atoms with Crippen LogP contribution in [-0.2, 0) is 29.1 Å². The molecule has 3 atom stereocenters. The highest BCUT2D eigenvalue weighted by molar-refractivity contribution is 7.33. The average Bonchev–Trinajstić information content (AvgIpc) is 2.45. The van der Waals surface area contributed by atoms with Crippen molar-refractivity contribution in [2.24, 2.45) is 0 Å². The Balaban J connectivity index is 3.86. The van der Waals surface area contributed by atoms with Crippen molar-refractivity contribution < 1.29 is 52.6 Å². The highest BCUT2D eigenvalue weighted by Gasteiger charge is 2.32. The second kappa shape index (κ2) is 12.2. The summed E-state index contributed by atoms with van der Waals surface area (Å²) < 4.78 is 43.9. The van der Waals surface area contributed by atoms with E-state index in [1.807, 2.05) is 0 Å². The molecule has 0 saturated heterocycles. The van der Waals surface area contributed by atoms with Crippen molar-refractivity contribution in [2.75, 3.05) is 6.54 Å². The molecule has 0 aliphatic heterocycles. The molecule has 0 rings (SSSR count). The third-order valence-corrected chi connectivity index (χ3v) is 3.21. The van der Waals surface area contributed by atoms with Crippen molar-refractivity contribution in [1.82, 2.24) is 5.32 Å². The van der Waals surface area contributed by atoms with Crippen molar-refractivity contribution in [2.45, 2.75) is 43.8 Å². The molecule has 1 amide bonds. The predicted molar refractivity (Wildman–Crippen MR) is 73.2 cm³/mol. The number of hydrogen-bond donors (Lipinski definition) is 3. The van der Waals surface area contributed by atoms with Crippen LogP contribution in [0.25, 0.3) is 0 Å². The number of carbonyl (C=O) groups excluding carboxylic acids is 1. The molecule has 0 aliphatic rings. The molecule has 0 spiro atoms. The molecule has 9 nitrogen and oxygen atoms in total. The molecule has 0 fully saturated rings. The first-order chi connectivity index (χ1) is 10.7. The quantitative estimate of drug-likeness (QED) is 0.144. The predicted octanol–water partition coefficient (Wildman–Crippen LogP) is 1.95. The van der Waals surface area contributed by atoms with Gasteiger partial charge in [-0.25, -0.2) is 5.26 Å². The SMILES string of the molecule is O=C(CC(F)(F)F)NCCCCCC(O)(OOOP)POOO. The fraction of sp³-hybridized carbons (Fsp3) is 0.889. The van der Waals surface area contributed by atoms with Gasteiger partial charge in [0, 0.05) is 22.4 Å². The summed E-state index contributed by atoms with van der Waals surface area (Å²) in [6, 6.07) is 0. The first kappa shape index (κ1) is 22.8. The van der Waals surface area contributed by atoms with E-state index in [2.05, 4.69) is 29.6 Å². The number of alkyl halides is 3. The third-order valence-electron chi connectivity index (χ3n) is 2.33. The zero-order valence-corrected chi connectivity index (χ0v) is 14.0. The molecule has 3 unspecified atom stereocenters. The van der Waals surface area contributed by atoms with E-state index in [4.69, 9.17) is 5.26 Å². The number of carbonyl (C=O) groups is 1. The van der Waals surface area contributed by atoms with Gasteiger partial charge in [-0.3, -0.25) is 4.79 Å². The molecule has 14 heteroatoms. The summed E-state index contributed by atoms with van der Waals surface area (Å²) in [5, 5.41) is 27.5. The largest absolute Gasteiger partial charge is 0.397 e. The van der Waals surface area contributed by atoms with Gasteiger partial charge in [0.25, 0.3) is 0 Å². The lowest BCUT2D eigenvalue weighted by atomic mass is 10.2. The van der Waals surface area contributed by atoms with Gasteiger partial charge in [0.05, 0.1) is 0 Å². The number of nitrogens with one attached hydrogen (secondary N) is 1. The highest BCUT2D eigenvalue weighted by Crippen LogP contribution is 2.36. The van der Waals surface area contributed by atoms with E-state index in [1.165, 1.54) is 0 Å². The smallest absolute Gasteiger partial charge is 0.358 e. The monoisotopic (exact) mass is 387 g/mol. The number of hydrogen-bond acceptors (Lipinski definition) is 8. The molecule has 3 N–H and O–H groups in total. The third kappa shape index (κ3) is 13.9. The number of rotatable bonds is 13. The zero-order valence-electron chi connectivity index (χ0n) is 11.8. The Morgan fingerprint density at radius 2 is 1.96 bits per heavy atom. The summed E-state index contributed by atoms with van der Waals surface area (Å²) in [6.07, 6.45) is -4.86. The van der Waals surface area contributed by atoms with Crippen molar-refractivity contribution in [1.29, 1.82) is 0 Å². The molecule has 0 saturated carbocycles. The topological polar surface area (TPSA) is 116 Å². The van der Waals surface area contributed by atoms with Gasteiger partial charge < -0.3 is 10.4 Å². The van der Waals surface area contributed by atoms with Crippen LogP contribution in [0.15, 0.2) is 0 Å². The van der Waals surface area contributed by atoms with Gasteiger partial charge >= 0.3 is 6.18 Å². The molecule has 0 aromatic carbocycles. The van der Waals surface area contributed by atoms with Gasteiger partial charge in [-0.05, 0) is 12.8 Å². The fourth-order valence-corrected chi connectivity index (χ4v) is 1.96. The summed E-state index contributed by atoms with van der Waals surface area (Å²) in [4.78, 5) is 15.4. The molecule has 0 aliphatic carbocycles. The Hall–Kier alpha value is -0.160. The van der Waals surface area contributed by atoms with Gasteiger partial charge in [-0.1, -0.05) is 16.5 Å². The molecular weight excluding hydrogens is 369 g/mol.